The fourth-order valence-corrected chi connectivity index (χ4v) is 2.64. The molecule has 1 N–H and O–H groups in total. The van der Waals surface area contributed by atoms with Crippen molar-refractivity contribution in [2.45, 2.75) is 44.8 Å². The lowest BCUT2D eigenvalue weighted by Crippen LogP contribution is -2.38. The molecule has 3 rings (SSSR count). The van der Waals surface area contributed by atoms with E-state index in [2.05, 4.69) is 27.3 Å². The Bertz CT molecular complexity index is 560. The molecule has 0 saturated heterocycles. The number of rotatable bonds is 3. The molecule has 0 unspecified atom stereocenters. The summed E-state index contributed by atoms with van der Waals surface area (Å²) in [6.07, 6.45) is 7.13. The molecule has 0 atom stereocenters. The van der Waals surface area contributed by atoms with Gasteiger partial charge in [0.25, 0.3) is 0 Å². The molecule has 106 valence electrons. The summed E-state index contributed by atoms with van der Waals surface area (Å²) in [6.45, 7) is 2.64. The molecule has 0 aromatic carbocycles. The zero-order valence-electron chi connectivity index (χ0n) is 11.6. The van der Waals surface area contributed by atoms with E-state index in [1.54, 1.807) is 12.4 Å². The van der Waals surface area contributed by atoms with E-state index in [1.165, 1.54) is 4.80 Å². The Hall–Kier alpha value is -1.82. The summed E-state index contributed by atoms with van der Waals surface area (Å²) in [4.78, 5) is 5.54. The summed E-state index contributed by atoms with van der Waals surface area (Å²) in [5.41, 5.74) is 0.141. The molecule has 2 heterocycles. The fraction of sp³-hybridized carbons (Fsp3) is 0.571. The second kappa shape index (κ2) is 5.28. The van der Waals surface area contributed by atoms with Crippen LogP contribution in [0.15, 0.2) is 24.5 Å². The molecule has 6 nitrogen and oxygen atoms in total. The SMILES string of the molecule is CC1CCC(O)(Cn2nnc(-c3cccnc3)n2)CC1. The summed E-state index contributed by atoms with van der Waals surface area (Å²) < 4.78 is 0. The van der Waals surface area contributed by atoms with Crippen LogP contribution in [0.25, 0.3) is 11.4 Å². The van der Waals surface area contributed by atoms with Gasteiger partial charge in [0, 0.05) is 18.0 Å². The second-order valence-electron chi connectivity index (χ2n) is 5.79. The maximum Gasteiger partial charge on any atom is 0.206 e. The van der Waals surface area contributed by atoms with Gasteiger partial charge in [0.2, 0.25) is 5.82 Å². The Kier molecular flexibility index (Phi) is 3.48. The molecule has 1 aliphatic carbocycles. The molecule has 0 amide bonds. The highest BCUT2D eigenvalue weighted by Gasteiger charge is 2.33. The van der Waals surface area contributed by atoms with Crippen molar-refractivity contribution in [3.8, 4) is 11.4 Å². The average Bonchev–Trinajstić information content (AvgIpc) is 2.92. The van der Waals surface area contributed by atoms with Crippen LogP contribution in [0, 0.1) is 5.92 Å². The largest absolute Gasteiger partial charge is 0.388 e. The van der Waals surface area contributed by atoms with Gasteiger partial charge >= 0.3 is 0 Å². The maximum absolute atomic E-state index is 10.6. The molecule has 2 aromatic rings. The van der Waals surface area contributed by atoms with E-state index in [0.29, 0.717) is 18.3 Å². The van der Waals surface area contributed by atoms with Gasteiger partial charge in [-0.25, -0.2) is 0 Å². The molecule has 0 bridgehead atoms. The van der Waals surface area contributed by atoms with Gasteiger partial charge in [-0.3, -0.25) is 4.98 Å². The minimum atomic E-state index is -0.695. The van der Waals surface area contributed by atoms with Crippen molar-refractivity contribution in [3.05, 3.63) is 24.5 Å². The van der Waals surface area contributed by atoms with Crippen molar-refractivity contribution in [3.63, 3.8) is 0 Å². The van der Waals surface area contributed by atoms with Crippen LogP contribution in [0.1, 0.15) is 32.6 Å². The Balaban J connectivity index is 1.71. The summed E-state index contributed by atoms with van der Waals surface area (Å²) in [7, 11) is 0. The van der Waals surface area contributed by atoms with Crippen LogP contribution in [0.4, 0.5) is 0 Å². The molecule has 1 aliphatic rings. The first kappa shape index (κ1) is 13.2. The van der Waals surface area contributed by atoms with E-state index in [4.69, 9.17) is 0 Å². The molecule has 20 heavy (non-hydrogen) atoms. The average molecular weight is 273 g/mol. The number of pyridine rings is 1. The van der Waals surface area contributed by atoms with Gasteiger partial charge in [-0.1, -0.05) is 6.92 Å². The molecule has 1 saturated carbocycles. The van der Waals surface area contributed by atoms with Gasteiger partial charge in [-0.05, 0) is 48.9 Å². The topological polar surface area (TPSA) is 76.7 Å². The van der Waals surface area contributed by atoms with Crippen LogP contribution in [0.3, 0.4) is 0 Å². The highest BCUT2D eigenvalue weighted by Crippen LogP contribution is 2.32. The predicted octanol–water partition coefficient (Wildman–Crippen LogP) is 1.68. The first-order valence-electron chi connectivity index (χ1n) is 7.05. The van der Waals surface area contributed by atoms with E-state index in [1.807, 2.05) is 12.1 Å². The third-order valence-electron chi connectivity index (χ3n) is 4.01. The molecule has 2 aromatic heterocycles. The Morgan fingerprint density at radius 2 is 2.20 bits per heavy atom. The fourth-order valence-electron chi connectivity index (χ4n) is 2.64. The standard InChI is InChI=1S/C14H19N5O/c1-11-4-6-14(20,7-5-11)10-19-17-13(16-18-19)12-3-2-8-15-9-12/h2-3,8-9,11,20H,4-7,10H2,1H3. The minimum Gasteiger partial charge on any atom is -0.388 e. The summed E-state index contributed by atoms with van der Waals surface area (Å²) in [5.74, 6) is 1.25. The zero-order valence-corrected chi connectivity index (χ0v) is 11.6. The monoisotopic (exact) mass is 273 g/mol. The highest BCUT2D eigenvalue weighted by atomic mass is 16.3. The minimum absolute atomic E-state index is 0.410. The summed E-state index contributed by atoms with van der Waals surface area (Å²) >= 11 is 0. The van der Waals surface area contributed by atoms with Gasteiger partial charge in [0.05, 0.1) is 12.1 Å². The smallest absolute Gasteiger partial charge is 0.206 e. The molecule has 0 spiro atoms. The highest BCUT2D eigenvalue weighted by molar-refractivity contribution is 5.51. The predicted molar refractivity (Wildman–Crippen MR) is 73.6 cm³/mol. The summed E-state index contributed by atoms with van der Waals surface area (Å²) in [6, 6.07) is 3.73. The van der Waals surface area contributed by atoms with Gasteiger partial charge in [0.1, 0.15) is 0 Å². The number of tetrazole rings is 1. The van der Waals surface area contributed by atoms with E-state index in [-0.39, 0.29) is 0 Å². The Labute approximate surface area is 117 Å². The molecule has 6 heteroatoms. The lowest BCUT2D eigenvalue weighted by molar-refractivity contribution is -0.0278. The van der Waals surface area contributed by atoms with Crippen LogP contribution in [0.2, 0.25) is 0 Å². The first-order chi connectivity index (χ1) is 9.65. The molecule has 0 radical (unpaired) electrons. The van der Waals surface area contributed by atoms with Gasteiger partial charge in [-0.15, -0.1) is 10.2 Å². The van der Waals surface area contributed by atoms with Crippen LogP contribution >= 0.6 is 0 Å². The second-order valence-corrected chi connectivity index (χ2v) is 5.79. The van der Waals surface area contributed by atoms with E-state index >= 15 is 0 Å². The van der Waals surface area contributed by atoms with Gasteiger partial charge < -0.3 is 5.11 Å². The van der Waals surface area contributed by atoms with Crippen LogP contribution in [-0.2, 0) is 6.54 Å². The van der Waals surface area contributed by atoms with E-state index < -0.39 is 5.60 Å². The van der Waals surface area contributed by atoms with Crippen molar-refractivity contribution in [1.29, 1.82) is 0 Å². The van der Waals surface area contributed by atoms with E-state index in [0.717, 1.165) is 31.2 Å². The number of aliphatic hydroxyl groups is 1. The van der Waals surface area contributed by atoms with Crippen LogP contribution in [-0.4, -0.2) is 35.9 Å². The van der Waals surface area contributed by atoms with Crippen LogP contribution < -0.4 is 0 Å². The van der Waals surface area contributed by atoms with Crippen molar-refractivity contribution in [2.75, 3.05) is 0 Å². The molecular formula is C14H19N5O. The van der Waals surface area contributed by atoms with E-state index in [9.17, 15) is 5.11 Å². The number of nitrogens with zero attached hydrogens (tertiary/aromatic N) is 5. The first-order valence-corrected chi connectivity index (χ1v) is 7.05. The lowest BCUT2D eigenvalue weighted by Gasteiger charge is -2.34. The maximum atomic E-state index is 10.6. The van der Waals surface area contributed by atoms with Crippen molar-refractivity contribution in [2.24, 2.45) is 5.92 Å². The Morgan fingerprint density at radius 3 is 2.90 bits per heavy atom. The van der Waals surface area contributed by atoms with Gasteiger partial charge in [-0.2, -0.15) is 4.80 Å². The lowest BCUT2D eigenvalue weighted by atomic mass is 9.80. The third kappa shape index (κ3) is 2.85. The third-order valence-corrected chi connectivity index (χ3v) is 4.01. The quantitative estimate of drug-likeness (QED) is 0.920. The molecule has 0 aliphatic heterocycles. The number of hydrogen-bond acceptors (Lipinski definition) is 5. The number of hydrogen-bond donors (Lipinski definition) is 1. The molecular weight excluding hydrogens is 254 g/mol. The van der Waals surface area contributed by atoms with Gasteiger partial charge in [0.15, 0.2) is 0 Å². The summed E-state index contributed by atoms with van der Waals surface area (Å²) in [5, 5.41) is 23.0. The zero-order chi connectivity index (χ0) is 14.0. The van der Waals surface area contributed by atoms with Crippen molar-refractivity contribution >= 4 is 0 Å². The Morgan fingerprint density at radius 1 is 1.40 bits per heavy atom. The normalized spacial score (nSPS) is 26.6. The van der Waals surface area contributed by atoms with Crippen molar-refractivity contribution < 1.29 is 5.11 Å². The van der Waals surface area contributed by atoms with Crippen molar-refractivity contribution in [1.82, 2.24) is 25.2 Å². The number of aromatic nitrogens is 5. The molecule has 1 fully saturated rings. The van der Waals surface area contributed by atoms with Crippen LogP contribution in [0.5, 0.6) is 0 Å².